The normalized spacial score (nSPS) is 15.5. The Kier molecular flexibility index (Phi) is 7.77. The van der Waals surface area contributed by atoms with Crippen LogP contribution in [0.5, 0.6) is 0 Å². The van der Waals surface area contributed by atoms with Crippen LogP contribution in [0, 0.1) is 5.92 Å². The summed E-state index contributed by atoms with van der Waals surface area (Å²) in [7, 11) is 0. The third-order valence-electron chi connectivity index (χ3n) is 9.92. The van der Waals surface area contributed by atoms with Gasteiger partial charge in [-0.1, -0.05) is 140 Å². The first-order chi connectivity index (χ1) is 25.4. The van der Waals surface area contributed by atoms with E-state index in [1.807, 2.05) is 109 Å². The van der Waals surface area contributed by atoms with Crippen molar-refractivity contribution < 1.29 is 8.78 Å². The van der Waals surface area contributed by atoms with Gasteiger partial charge in [-0.15, -0.1) is 0 Å². The minimum absolute atomic E-state index is 0.0153. The molecule has 0 saturated heterocycles. The topological polar surface area (TPSA) is 38.7 Å². The highest BCUT2D eigenvalue weighted by molar-refractivity contribution is 5.87. The van der Waals surface area contributed by atoms with Crippen molar-refractivity contribution in [3.8, 4) is 67.5 Å². The Balaban J connectivity index is 1.18. The van der Waals surface area contributed by atoms with Gasteiger partial charge in [-0.2, -0.15) is 8.78 Å². The average molecular weight is 678 g/mol. The molecule has 0 bridgehead atoms. The highest BCUT2D eigenvalue weighted by atomic mass is 19.3. The van der Waals surface area contributed by atoms with E-state index in [-0.39, 0.29) is 11.1 Å². The number of pyridine rings is 1. The number of hydrogen-bond donors (Lipinski definition) is 0. The number of halogens is 2. The van der Waals surface area contributed by atoms with E-state index in [0.717, 1.165) is 62.6 Å². The predicted molar refractivity (Wildman–Crippen MR) is 206 cm³/mol. The van der Waals surface area contributed by atoms with Crippen molar-refractivity contribution in [1.82, 2.24) is 15.0 Å². The van der Waals surface area contributed by atoms with Gasteiger partial charge in [0.2, 0.25) is 0 Å². The summed E-state index contributed by atoms with van der Waals surface area (Å²) in [4.78, 5) is 15.0. The van der Waals surface area contributed by atoms with E-state index in [2.05, 4.69) is 37.3 Å². The van der Waals surface area contributed by atoms with Crippen LogP contribution in [0.15, 0.2) is 164 Å². The smallest absolute Gasteiger partial charge is 0.248 e. The van der Waals surface area contributed by atoms with Crippen molar-refractivity contribution in [3.05, 3.63) is 181 Å². The average Bonchev–Trinajstić information content (AvgIpc) is 3.43. The molecule has 2 aliphatic rings. The second-order valence-electron chi connectivity index (χ2n) is 13.5. The minimum Gasteiger partial charge on any atom is -0.248 e. The van der Waals surface area contributed by atoms with Crippen LogP contribution in [0.2, 0.25) is 0 Å². The highest BCUT2D eigenvalue weighted by Crippen LogP contribution is 2.52. The molecule has 7 aromatic rings. The molecule has 0 amide bonds. The lowest BCUT2D eigenvalue weighted by Crippen LogP contribution is -2.10. The second-order valence-corrected chi connectivity index (χ2v) is 13.5. The molecule has 5 aromatic carbocycles. The number of aromatic nitrogens is 3. The zero-order valence-corrected chi connectivity index (χ0v) is 28.5. The molecule has 0 fully saturated rings. The van der Waals surface area contributed by atoms with Gasteiger partial charge in [0, 0.05) is 38.9 Å². The molecule has 2 heterocycles. The van der Waals surface area contributed by atoms with Gasteiger partial charge < -0.3 is 0 Å². The Morgan fingerprint density at radius 2 is 0.981 bits per heavy atom. The van der Waals surface area contributed by atoms with E-state index in [4.69, 9.17) is 15.0 Å². The predicted octanol–water partition coefficient (Wildman–Crippen LogP) is 12.3. The number of hydrogen-bond acceptors (Lipinski definition) is 3. The molecule has 2 aromatic heterocycles. The van der Waals surface area contributed by atoms with Gasteiger partial charge in [0.05, 0.1) is 22.8 Å². The van der Waals surface area contributed by atoms with Gasteiger partial charge in [0.15, 0.2) is 5.82 Å². The summed E-state index contributed by atoms with van der Waals surface area (Å²) >= 11 is 0. The molecule has 0 spiro atoms. The molecule has 1 atom stereocenters. The molecule has 250 valence electrons. The first kappa shape index (κ1) is 31.6. The fourth-order valence-electron chi connectivity index (χ4n) is 7.25. The Morgan fingerprint density at radius 3 is 1.52 bits per heavy atom. The largest absolute Gasteiger partial charge is 0.299 e. The third kappa shape index (κ3) is 5.74. The molecule has 9 rings (SSSR count). The van der Waals surface area contributed by atoms with Crippen molar-refractivity contribution in [2.24, 2.45) is 5.92 Å². The van der Waals surface area contributed by atoms with Gasteiger partial charge >= 0.3 is 0 Å². The van der Waals surface area contributed by atoms with Crippen LogP contribution in [0.25, 0.3) is 73.1 Å². The quantitative estimate of drug-likeness (QED) is 0.176. The van der Waals surface area contributed by atoms with Crippen LogP contribution in [0.3, 0.4) is 0 Å². The summed E-state index contributed by atoms with van der Waals surface area (Å²) in [5.74, 6) is -2.26. The number of rotatable bonds is 6. The maximum atomic E-state index is 16.1. The Morgan fingerprint density at radius 1 is 0.500 bits per heavy atom. The Labute approximate surface area is 301 Å². The van der Waals surface area contributed by atoms with Gasteiger partial charge in [0.1, 0.15) is 0 Å². The van der Waals surface area contributed by atoms with Crippen molar-refractivity contribution in [1.29, 1.82) is 0 Å². The Hall–Kier alpha value is -6.33. The van der Waals surface area contributed by atoms with Crippen LogP contribution in [-0.4, -0.2) is 15.0 Å². The molecular weight excluding hydrogens is 645 g/mol. The van der Waals surface area contributed by atoms with Crippen LogP contribution in [0.1, 0.15) is 30.0 Å². The van der Waals surface area contributed by atoms with Crippen LogP contribution < -0.4 is 0 Å². The Bertz CT molecular complexity index is 2470. The SMILES string of the molecule is CC1C=C(c2cc(-c3ccccc3)nc(-c3ccc4c(c3)-c3cc(-c5nc(-c6ccccc6)cc(-c6ccccc6)n5)ccc3C4(F)F)c2)C=CC1. The fraction of sp³-hybridized carbons (Fsp3) is 0.0851. The highest BCUT2D eigenvalue weighted by Gasteiger charge is 2.44. The molecule has 2 aliphatic carbocycles. The lowest BCUT2D eigenvalue weighted by Gasteiger charge is -2.16. The summed E-state index contributed by atoms with van der Waals surface area (Å²) in [6.45, 7) is 2.21. The van der Waals surface area contributed by atoms with Gasteiger partial charge in [0.25, 0.3) is 5.92 Å². The molecule has 0 saturated carbocycles. The minimum atomic E-state index is -3.15. The van der Waals surface area contributed by atoms with E-state index in [1.165, 1.54) is 6.07 Å². The molecule has 1 unspecified atom stereocenters. The van der Waals surface area contributed by atoms with Gasteiger partial charge in [-0.25, -0.2) is 15.0 Å². The van der Waals surface area contributed by atoms with E-state index < -0.39 is 5.92 Å². The summed E-state index contributed by atoms with van der Waals surface area (Å²) in [6.07, 6.45) is 7.65. The summed E-state index contributed by atoms with van der Waals surface area (Å²) < 4.78 is 32.3. The van der Waals surface area contributed by atoms with Crippen LogP contribution >= 0.6 is 0 Å². The number of fused-ring (bicyclic) bond motifs is 3. The molecule has 0 aliphatic heterocycles. The van der Waals surface area contributed by atoms with E-state index >= 15 is 8.78 Å². The first-order valence-electron chi connectivity index (χ1n) is 17.5. The van der Waals surface area contributed by atoms with E-state index in [1.54, 1.807) is 18.2 Å². The van der Waals surface area contributed by atoms with Crippen molar-refractivity contribution >= 4 is 5.57 Å². The van der Waals surface area contributed by atoms with Gasteiger partial charge in [-0.05, 0) is 64.9 Å². The zero-order chi connectivity index (χ0) is 35.2. The van der Waals surface area contributed by atoms with Crippen molar-refractivity contribution in [3.63, 3.8) is 0 Å². The summed E-state index contributed by atoms with van der Waals surface area (Å²) in [5, 5.41) is 0. The van der Waals surface area contributed by atoms with E-state index in [0.29, 0.717) is 28.4 Å². The van der Waals surface area contributed by atoms with Gasteiger partial charge in [-0.3, -0.25) is 0 Å². The maximum absolute atomic E-state index is 16.1. The summed E-state index contributed by atoms with van der Waals surface area (Å²) in [6, 6.07) is 46.4. The number of alkyl halides is 2. The van der Waals surface area contributed by atoms with E-state index in [9.17, 15) is 0 Å². The molecule has 52 heavy (non-hydrogen) atoms. The number of nitrogens with zero attached hydrogens (tertiary/aromatic N) is 3. The summed E-state index contributed by atoms with van der Waals surface area (Å²) in [5.41, 5.74) is 10.5. The van der Waals surface area contributed by atoms with Crippen molar-refractivity contribution in [2.75, 3.05) is 0 Å². The molecule has 0 N–H and O–H groups in total. The third-order valence-corrected chi connectivity index (χ3v) is 9.92. The molecule has 5 heteroatoms. The first-order valence-corrected chi connectivity index (χ1v) is 17.5. The lowest BCUT2D eigenvalue weighted by molar-refractivity contribution is 0.0480. The maximum Gasteiger partial charge on any atom is 0.299 e. The zero-order valence-electron chi connectivity index (χ0n) is 28.5. The lowest BCUT2D eigenvalue weighted by atomic mass is 9.92. The van der Waals surface area contributed by atoms with Crippen molar-refractivity contribution in [2.45, 2.75) is 19.3 Å². The molecule has 0 radical (unpaired) electrons. The number of benzene rings is 5. The second kappa shape index (κ2) is 12.8. The van der Waals surface area contributed by atoms with Crippen LogP contribution in [0.4, 0.5) is 8.78 Å². The number of allylic oxidation sites excluding steroid dienone is 4. The standard InChI is InChI=1S/C47H33F2N3/c1-30-12-11-19-34(24-30)37-27-42(31-13-5-2-6-14-31)50-43(28-37)35-20-22-40-38(25-35)39-26-36(21-23-41(39)47(40,48)49)46-51-44(32-15-7-3-8-16-32)29-45(52-46)33-17-9-4-10-18-33/h2-11,13-30H,12H2,1H3. The fourth-order valence-corrected chi connectivity index (χ4v) is 7.25. The van der Waals surface area contributed by atoms with Crippen LogP contribution in [-0.2, 0) is 5.92 Å². The monoisotopic (exact) mass is 677 g/mol. The molecule has 3 nitrogen and oxygen atoms in total. The molecular formula is C47H33F2N3.